The van der Waals surface area contributed by atoms with Crippen LogP contribution in [0.1, 0.15) is 41.0 Å². The molecule has 1 aliphatic rings. The normalized spacial score (nSPS) is 25.9. The van der Waals surface area contributed by atoms with E-state index >= 15 is 0 Å². The van der Waals surface area contributed by atoms with E-state index in [1.807, 2.05) is 0 Å². The molecule has 0 amide bonds. The van der Waals surface area contributed by atoms with Crippen molar-refractivity contribution in [2.24, 2.45) is 5.41 Å². The third-order valence-corrected chi connectivity index (χ3v) is 3.05. The van der Waals surface area contributed by atoms with Gasteiger partial charge in [0, 0.05) is 12.6 Å². The number of likely N-dealkylation sites (N-methyl/N-ethyl adjacent to an activating group) is 1. The first-order valence-electron chi connectivity index (χ1n) is 5.41. The van der Waals surface area contributed by atoms with Gasteiger partial charge in [0.15, 0.2) is 0 Å². The van der Waals surface area contributed by atoms with Gasteiger partial charge in [-0.25, -0.2) is 0 Å². The van der Waals surface area contributed by atoms with Gasteiger partial charge in [-0.3, -0.25) is 4.90 Å². The van der Waals surface area contributed by atoms with Gasteiger partial charge in [-0.2, -0.15) is 0 Å². The molecule has 1 heteroatoms. The number of rotatable bonds is 1. The van der Waals surface area contributed by atoms with E-state index in [0.29, 0.717) is 11.5 Å². The third-order valence-electron chi connectivity index (χ3n) is 3.05. The summed E-state index contributed by atoms with van der Waals surface area (Å²) in [7, 11) is 0. The third kappa shape index (κ3) is 2.34. The first kappa shape index (κ1) is 10.8. The number of hydrogen-bond donors (Lipinski definition) is 0. The molecule has 0 radical (unpaired) electrons. The Morgan fingerprint density at radius 1 is 1.46 bits per heavy atom. The molecule has 1 atom stereocenters. The van der Waals surface area contributed by atoms with Crippen molar-refractivity contribution in [3.8, 4) is 0 Å². The zero-order valence-corrected chi connectivity index (χ0v) is 9.72. The Hall–Kier alpha value is -0.300. The summed E-state index contributed by atoms with van der Waals surface area (Å²) < 4.78 is 0. The summed E-state index contributed by atoms with van der Waals surface area (Å²) >= 11 is 0. The van der Waals surface area contributed by atoms with E-state index in [1.54, 1.807) is 5.57 Å². The highest BCUT2D eigenvalue weighted by Gasteiger charge is 2.27. The van der Waals surface area contributed by atoms with Gasteiger partial charge >= 0.3 is 0 Å². The van der Waals surface area contributed by atoms with Gasteiger partial charge in [0.1, 0.15) is 0 Å². The average molecular weight is 181 g/mol. The molecule has 0 aromatic carbocycles. The minimum Gasteiger partial charge on any atom is -0.297 e. The molecule has 1 nitrogen and oxygen atoms in total. The SMILES string of the molecule is CCN1CCC=C(C(C)(C)C)[C@@H]1C. The summed E-state index contributed by atoms with van der Waals surface area (Å²) in [6.45, 7) is 13.9. The van der Waals surface area contributed by atoms with Crippen LogP contribution in [0.5, 0.6) is 0 Å². The Bertz CT molecular complexity index is 198. The monoisotopic (exact) mass is 181 g/mol. The Morgan fingerprint density at radius 3 is 2.54 bits per heavy atom. The average Bonchev–Trinajstić information content (AvgIpc) is 2.02. The fourth-order valence-electron chi connectivity index (χ4n) is 2.31. The molecule has 0 aromatic heterocycles. The van der Waals surface area contributed by atoms with Crippen molar-refractivity contribution in [1.29, 1.82) is 0 Å². The number of hydrogen-bond acceptors (Lipinski definition) is 1. The molecule has 1 rings (SSSR count). The Morgan fingerprint density at radius 2 is 2.08 bits per heavy atom. The predicted molar refractivity (Wildman–Crippen MR) is 58.9 cm³/mol. The second-order valence-electron chi connectivity index (χ2n) is 5.00. The van der Waals surface area contributed by atoms with Gasteiger partial charge in [0.2, 0.25) is 0 Å². The Balaban J connectivity index is 2.80. The zero-order chi connectivity index (χ0) is 10.1. The van der Waals surface area contributed by atoms with E-state index in [2.05, 4.69) is 45.6 Å². The highest BCUT2D eigenvalue weighted by atomic mass is 15.1. The molecule has 0 N–H and O–H groups in total. The summed E-state index contributed by atoms with van der Waals surface area (Å²) in [5.41, 5.74) is 1.95. The summed E-state index contributed by atoms with van der Waals surface area (Å²) in [6, 6.07) is 0.638. The molecule has 0 saturated heterocycles. The van der Waals surface area contributed by atoms with Crippen LogP contribution in [-0.4, -0.2) is 24.0 Å². The molecule has 1 heterocycles. The van der Waals surface area contributed by atoms with Gasteiger partial charge in [-0.05, 0) is 25.3 Å². The summed E-state index contributed by atoms with van der Waals surface area (Å²) in [4.78, 5) is 2.56. The molecule has 0 fully saturated rings. The molecule has 0 spiro atoms. The van der Waals surface area contributed by atoms with Crippen molar-refractivity contribution in [2.75, 3.05) is 13.1 Å². The smallest absolute Gasteiger partial charge is 0.0284 e. The van der Waals surface area contributed by atoms with Crippen molar-refractivity contribution in [1.82, 2.24) is 4.90 Å². The predicted octanol–water partition coefficient (Wildman–Crippen LogP) is 3.07. The van der Waals surface area contributed by atoms with Crippen LogP contribution in [0.25, 0.3) is 0 Å². The molecule has 76 valence electrons. The molecule has 0 bridgehead atoms. The first-order chi connectivity index (χ1) is 5.96. The maximum Gasteiger partial charge on any atom is 0.0284 e. The first-order valence-corrected chi connectivity index (χ1v) is 5.41. The minimum absolute atomic E-state index is 0.341. The van der Waals surface area contributed by atoms with Crippen LogP contribution >= 0.6 is 0 Å². The standard InChI is InChI=1S/C12H23N/c1-6-13-9-7-8-11(10(13)2)12(3,4)5/h8,10H,6-7,9H2,1-5H3/t10-/m0/s1. The lowest BCUT2D eigenvalue weighted by molar-refractivity contribution is 0.212. The molecule has 0 aliphatic carbocycles. The highest BCUT2D eigenvalue weighted by Crippen LogP contribution is 2.32. The van der Waals surface area contributed by atoms with E-state index in [1.165, 1.54) is 19.5 Å². The molecule has 0 unspecified atom stereocenters. The molecule has 13 heavy (non-hydrogen) atoms. The van der Waals surface area contributed by atoms with Crippen molar-refractivity contribution in [2.45, 2.75) is 47.1 Å². The lowest BCUT2D eigenvalue weighted by Gasteiger charge is -2.39. The van der Waals surface area contributed by atoms with Crippen LogP contribution in [0, 0.1) is 5.41 Å². The lowest BCUT2D eigenvalue weighted by Crippen LogP contribution is -2.41. The van der Waals surface area contributed by atoms with E-state index < -0.39 is 0 Å². The van der Waals surface area contributed by atoms with Crippen molar-refractivity contribution < 1.29 is 0 Å². The largest absolute Gasteiger partial charge is 0.297 e. The second kappa shape index (κ2) is 3.83. The van der Waals surface area contributed by atoms with E-state index in [9.17, 15) is 0 Å². The van der Waals surface area contributed by atoms with Crippen LogP contribution in [0.3, 0.4) is 0 Å². The van der Waals surface area contributed by atoms with Crippen LogP contribution < -0.4 is 0 Å². The molecular formula is C12H23N. The Kier molecular flexibility index (Phi) is 3.18. The van der Waals surface area contributed by atoms with Crippen molar-refractivity contribution >= 4 is 0 Å². The molecular weight excluding hydrogens is 158 g/mol. The lowest BCUT2D eigenvalue weighted by atomic mass is 9.80. The summed E-state index contributed by atoms with van der Waals surface area (Å²) in [6.07, 6.45) is 3.67. The zero-order valence-electron chi connectivity index (χ0n) is 9.72. The molecule has 0 saturated carbocycles. The topological polar surface area (TPSA) is 3.24 Å². The van der Waals surface area contributed by atoms with Gasteiger partial charge in [-0.1, -0.05) is 39.3 Å². The van der Waals surface area contributed by atoms with Gasteiger partial charge in [0.05, 0.1) is 0 Å². The highest BCUT2D eigenvalue weighted by molar-refractivity contribution is 5.19. The van der Waals surface area contributed by atoms with E-state index in [0.717, 1.165) is 0 Å². The Labute approximate surface area is 82.8 Å². The maximum atomic E-state index is 2.56. The number of nitrogens with zero attached hydrogens (tertiary/aromatic N) is 1. The van der Waals surface area contributed by atoms with Gasteiger partial charge in [0.25, 0.3) is 0 Å². The maximum absolute atomic E-state index is 2.56. The minimum atomic E-state index is 0.341. The van der Waals surface area contributed by atoms with Crippen molar-refractivity contribution in [3.63, 3.8) is 0 Å². The summed E-state index contributed by atoms with van der Waals surface area (Å²) in [5.74, 6) is 0. The van der Waals surface area contributed by atoms with E-state index in [-0.39, 0.29) is 0 Å². The van der Waals surface area contributed by atoms with Gasteiger partial charge in [-0.15, -0.1) is 0 Å². The molecule has 1 aliphatic heterocycles. The fourth-order valence-corrected chi connectivity index (χ4v) is 2.31. The second-order valence-corrected chi connectivity index (χ2v) is 5.00. The van der Waals surface area contributed by atoms with Crippen LogP contribution in [-0.2, 0) is 0 Å². The quantitative estimate of drug-likeness (QED) is 0.562. The van der Waals surface area contributed by atoms with Crippen LogP contribution in [0.15, 0.2) is 11.6 Å². The van der Waals surface area contributed by atoms with Crippen molar-refractivity contribution in [3.05, 3.63) is 11.6 Å². The van der Waals surface area contributed by atoms with E-state index in [4.69, 9.17) is 0 Å². The summed E-state index contributed by atoms with van der Waals surface area (Å²) in [5, 5.41) is 0. The fraction of sp³-hybridized carbons (Fsp3) is 0.833. The van der Waals surface area contributed by atoms with Gasteiger partial charge < -0.3 is 0 Å². The van der Waals surface area contributed by atoms with Crippen LogP contribution in [0.4, 0.5) is 0 Å². The molecule has 0 aromatic rings. The van der Waals surface area contributed by atoms with Crippen LogP contribution in [0.2, 0.25) is 0 Å².